The van der Waals surface area contributed by atoms with Gasteiger partial charge in [0.2, 0.25) is 0 Å². The lowest BCUT2D eigenvalue weighted by Crippen LogP contribution is -2.68. The summed E-state index contributed by atoms with van der Waals surface area (Å²) in [7, 11) is -10.7. The molecular formula is C12H25F4O6PSi. The van der Waals surface area contributed by atoms with Crippen LogP contribution in [0, 0.1) is 0 Å². The second-order valence-corrected chi connectivity index (χ2v) is 8.98. The van der Waals surface area contributed by atoms with Crippen LogP contribution in [0.4, 0.5) is 17.6 Å². The molecule has 0 heterocycles. The van der Waals surface area contributed by atoms with Crippen molar-refractivity contribution in [2.24, 2.45) is 0 Å². The van der Waals surface area contributed by atoms with Gasteiger partial charge in [-0.2, -0.15) is 17.6 Å². The van der Waals surface area contributed by atoms with Crippen LogP contribution in [-0.2, 0) is 26.9 Å². The maximum Gasteiger partial charge on any atom is 0.582 e. The van der Waals surface area contributed by atoms with Crippen molar-refractivity contribution < 1.29 is 44.5 Å². The van der Waals surface area contributed by atoms with Gasteiger partial charge in [-0.1, -0.05) is 0 Å². The number of hydrogen-bond acceptors (Lipinski definition) is 6. The summed E-state index contributed by atoms with van der Waals surface area (Å²) in [5.74, 6) is 0. The number of alkyl halides is 4. The van der Waals surface area contributed by atoms with Crippen LogP contribution < -0.4 is 0 Å². The Bertz CT molecular complexity index is 399. The van der Waals surface area contributed by atoms with Crippen LogP contribution in [0.15, 0.2) is 0 Å². The first-order valence-electron chi connectivity index (χ1n) is 7.62. The molecule has 0 fully saturated rings. The van der Waals surface area contributed by atoms with E-state index < -0.39 is 40.8 Å². The van der Waals surface area contributed by atoms with E-state index in [0.717, 1.165) is 0 Å². The molecule has 0 radical (unpaired) electrons. The molecule has 0 aromatic carbocycles. The molecule has 0 aliphatic carbocycles. The van der Waals surface area contributed by atoms with E-state index in [2.05, 4.69) is 9.05 Å². The number of hydrogen-bond donors (Lipinski definition) is 0. The number of halogens is 4. The molecule has 0 N–H and O–H groups in total. The van der Waals surface area contributed by atoms with Crippen LogP contribution >= 0.6 is 7.60 Å². The summed E-state index contributed by atoms with van der Waals surface area (Å²) in [5.41, 5.74) is -10.2. The predicted molar refractivity (Wildman–Crippen MR) is 81.4 cm³/mol. The van der Waals surface area contributed by atoms with Crippen molar-refractivity contribution in [2.75, 3.05) is 33.0 Å². The molecule has 0 spiro atoms. The zero-order valence-electron chi connectivity index (χ0n) is 14.4. The van der Waals surface area contributed by atoms with E-state index >= 15 is 0 Å². The van der Waals surface area contributed by atoms with Crippen molar-refractivity contribution in [3.63, 3.8) is 0 Å². The van der Waals surface area contributed by atoms with Crippen LogP contribution in [0.3, 0.4) is 0 Å². The monoisotopic (exact) mass is 400 g/mol. The summed E-state index contributed by atoms with van der Waals surface area (Å²) in [6.07, 6.45) is 0. The van der Waals surface area contributed by atoms with Gasteiger partial charge in [0.25, 0.3) is 0 Å². The van der Waals surface area contributed by atoms with Gasteiger partial charge in [0.1, 0.15) is 0 Å². The Morgan fingerprint density at radius 2 is 1.08 bits per heavy atom. The molecule has 0 saturated carbocycles. The molecule has 0 rings (SSSR count). The largest absolute Gasteiger partial charge is 0.582 e. The first-order valence-corrected chi connectivity index (χ1v) is 10.9. The van der Waals surface area contributed by atoms with Gasteiger partial charge in [-0.15, -0.1) is 0 Å². The molecule has 0 aliphatic heterocycles. The second-order valence-electron chi connectivity index (χ2n) is 4.30. The molecule has 0 saturated heterocycles. The first-order chi connectivity index (χ1) is 11.1. The van der Waals surface area contributed by atoms with Crippen LogP contribution in [0.1, 0.15) is 34.6 Å². The highest BCUT2D eigenvalue weighted by Gasteiger charge is 2.83. The molecule has 24 heavy (non-hydrogen) atoms. The fourth-order valence-corrected chi connectivity index (χ4v) is 6.41. The van der Waals surface area contributed by atoms with Crippen LogP contribution in [0.2, 0.25) is 0 Å². The van der Waals surface area contributed by atoms with Crippen LogP contribution in [-0.4, -0.2) is 53.0 Å². The fourth-order valence-electron chi connectivity index (χ4n) is 1.86. The second kappa shape index (κ2) is 9.61. The standard InChI is InChI=1S/C12H25F4O6PSi/c1-6-18-23(17,19-7-2)11(13,14)12(15,16)24(20-8-3,21-9-4)22-10-5/h6-10H2,1-5H3. The third-order valence-corrected chi connectivity index (χ3v) is 8.17. The summed E-state index contributed by atoms with van der Waals surface area (Å²) < 4.78 is 94.6. The maximum absolute atomic E-state index is 14.8. The molecule has 0 unspecified atom stereocenters. The van der Waals surface area contributed by atoms with Gasteiger partial charge >= 0.3 is 27.6 Å². The Morgan fingerprint density at radius 3 is 1.33 bits per heavy atom. The lowest BCUT2D eigenvalue weighted by molar-refractivity contribution is -0.166. The van der Waals surface area contributed by atoms with E-state index in [4.69, 9.17) is 13.3 Å². The Kier molecular flexibility index (Phi) is 9.59. The van der Waals surface area contributed by atoms with Crippen LogP contribution in [0.25, 0.3) is 0 Å². The third kappa shape index (κ3) is 4.38. The lowest BCUT2D eigenvalue weighted by atomic mass is 10.7. The quantitative estimate of drug-likeness (QED) is 0.264. The summed E-state index contributed by atoms with van der Waals surface area (Å²) in [4.78, 5) is 0. The number of rotatable bonds is 13. The highest BCUT2D eigenvalue weighted by atomic mass is 31.2. The average molecular weight is 400 g/mol. The minimum absolute atomic E-state index is 0.356. The average Bonchev–Trinajstić information content (AvgIpc) is 2.48. The minimum atomic E-state index is -5.50. The van der Waals surface area contributed by atoms with Gasteiger partial charge in [0, 0.05) is 19.8 Å². The molecule has 12 heteroatoms. The van der Waals surface area contributed by atoms with E-state index in [1.165, 1.54) is 34.6 Å². The SMILES string of the molecule is CCO[Si](OCC)(OCC)C(F)(F)C(F)(F)P(=O)(OCC)OCC. The van der Waals surface area contributed by atoms with Crippen molar-refractivity contribution in [1.82, 2.24) is 0 Å². The zero-order chi connectivity index (χ0) is 19.1. The highest BCUT2D eigenvalue weighted by Crippen LogP contribution is 2.68. The summed E-state index contributed by atoms with van der Waals surface area (Å²) in [6.45, 7) is 4.39. The van der Waals surface area contributed by atoms with E-state index in [1.54, 1.807) is 0 Å². The van der Waals surface area contributed by atoms with Gasteiger partial charge in [-0.25, -0.2) is 0 Å². The van der Waals surface area contributed by atoms with Gasteiger partial charge in [-0.3, -0.25) is 4.57 Å². The summed E-state index contributed by atoms with van der Waals surface area (Å²) in [6, 6.07) is 0. The van der Waals surface area contributed by atoms with Gasteiger partial charge in [-0.05, 0) is 34.6 Å². The Hall–Kier alpha value is -0.0331. The minimum Gasteiger partial charge on any atom is -0.370 e. The molecule has 0 aromatic rings. The van der Waals surface area contributed by atoms with E-state index in [0.29, 0.717) is 0 Å². The maximum atomic E-state index is 14.8. The Morgan fingerprint density at radius 1 is 0.750 bits per heavy atom. The topological polar surface area (TPSA) is 63.2 Å². The third-order valence-electron chi connectivity index (χ3n) is 2.71. The van der Waals surface area contributed by atoms with E-state index in [-0.39, 0.29) is 19.8 Å². The molecule has 0 bridgehead atoms. The van der Waals surface area contributed by atoms with E-state index in [1.807, 2.05) is 0 Å². The lowest BCUT2D eigenvalue weighted by Gasteiger charge is -2.39. The van der Waals surface area contributed by atoms with Crippen molar-refractivity contribution in [1.29, 1.82) is 0 Å². The predicted octanol–water partition coefficient (Wildman–Crippen LogP) is 4.07. The zero-order valence-corrected chi connectivity index (χ0v) is 16.3. The molecule has 0 atom stereocenters. The normalized spacial score (nSPS) is 14.2. The van der Waals surface area contributed by atoms with Crippen LogP contribution in [0.5, 0.6) is 0 Å². The Balaban J connectivity index is 6.19. The van der Waals surface area contributed by atoms with Crippen molar-refractivity contribution in [2.45, 2.75) is 45.8 Å². The van der Waals surface area contributed by atoms with Crippen molar-refractivity contribution in [3.8, 4) is 0 Å². The van der Waals surface area contributed by atoms with Crippen molar-refractivity contribution >= 4 is 16.4 Å². The van der Waals surface area contributed by atoms with E-state index in [9.17, 15) is 22.1 Å². The molecule has 146 valence electrons. The van der Waals surface area contributed by atoms with Gasteiger partial charge < -0.3 is 22.3 Å². The molecule has 0 aromatic heterocycles. The van der Waals surface area contributed by atoms with Gasteiger partial charge in [0.15, 0.2) is 0 Å². The summed E-state index contributed by atoms with van der Waals surface area (Å²) >= 11 is 0. The molecule has 6 nitrogen and oxygen atoms in total. The van der Waals surface area contributed by atoms with Gasteiger partial charge in [0.05, 0.1) is 13.2 Å². The fraction of sp³-hybridized carbons (Fsp3) is 1.00. The molecule has 0 amide bonds. The summed E-state index contributed by atoms with van der Waals surface area (Å²) in [5, 5.41) is 0. The smallest absolute Gasteiger partial charge is 0.370 e. The first kappa shape index (κ1) is 24.0. The van der Waals surface area contributed by atoms with Crippen molar-refractivity contribution in [3.05, 3.63) is 0 Å². The Labute approximate surface area is 140 Å². The highest BCUT2D eigenvalue weighted by molar-refractivity contribution is 7.55. The molecule has 0 aliphatic rings. The molecular weight excluding hydrogens is 375 g/mol.